The third kappa shape index (κ3) is 7.48. The average Bonchev–Trinajstić information content (AvgIpc) is 3.40. The summed E-state index contributed by atoms with van der Waals surface area (Å²) in [5.41, 5.74) is 2.55. The van der Waals surface area contributed by atoms with Crippen molar-refractivity contribution in [2.24, 2.45) is 0 Å². The van der Waals surface area contributed by atoms with E-state index in [1.54, 1.807) is 42.6 Å². The quantitative estimate of drug-likeness (QED) is 0.385. The Hall–Kier alpha value is -4.56. The summed E-state index contributed by atoms with van der Waals surface area (Å²) in [6.07, 6.45) is 2.58. The van der Waals surface area contributed by atoms with E-state index in [0.717, 1.165) is 5.56 Å². The molecule has 3 rings (SSSR count). The second-order valence-corrected chi connectivity index (χ2v) is 7.99. The average molecular weight is 493 g/mol. The molecule has 1 aromatic heterocycles. The fraction of sp³-hybridized carbons (Fsp3) is 0.280. The van der Waals surface area contributed by atoms with Gasteiger partial charge in [0.1, 0.15) is 12.4 Å². The molecular formula is C25H28N6O5. The Morgan fingerprint density at radius 1 is 1.17 bits per heavy atom. The highest BCUT2D eigenvalue weighted by Crippen LogP contribution is 2.32. The summed E-state index contributed by atoms with van der Waals surface area (Å²) < 4.78 is 15.9. The molecule has 0 aliphatic heterocycles. The van der Waals surface area contributed by atoms with Gasteiger partial charge in [-0.2, -0.15) is 5.26 Å². The van der Waals surface area contributed by atoms with E-state index >= 15 is 0 Å². The molecule has 0 aliphatic carbocycles. The van der Waals surface area contributed by atoms with Crippen LogP contribution in [0.5, 0.6) is 5.75 Å². The summed E-state index contributed by atoms with van der Waals surface area (Å²) in [7, 11) is 5.17. The molecule has 3 amide bonds. The van der Waals surface area contributed by atoms with Gasteiger partial charge in [0.05, 0.1) is 37.4 Å². The molecule has 1 unspecified atom stereocenters. The number of ether oxygens (including phenoxy) is 2. The van der Waals surface area contributed by atoms with Crippen molar-refractivity contribution in [1.29, 1.82) is 5.26 Å². The molecule has 11 heteroatoms. The van der Waals surface area contributed by atoms with Crippen molar-refractivity contribution in [1.82, 2.24) is 15.2 Å². The molecule has 0 fully saturated rings. The zero-order valence-corrected chi connectivity index (χ0v) is 20.3. The van der Waals surface area contributed by atoms with Gasteiger partial charge in [0, 0.05) is 24.0 Å². The number of carbonyl (C=O) groups excluding carboxylic acids is 2. The third-order valence-corrected chi connectivity index (χ3v) is 5.24. The van der Waals surface area contributed by atoms with Crippen LogP contribution in [-0.2, 0) is 11.3 Å². The summed E-state index contributed by atoms with van der Waals surface area (Å²) in [4.78, 5) is 30.3. The SMILES string of the molecule is COc1cc(NC(=O)Nc2cccc(CNC(=O)OCC(CC#N)N(C)C)c2)ccc1-c1cnco1. The van der Waals surface area contributed by atoms with E-state index in [1.165, 1.54) is 13.5 Å². The fourth-order valence-corrected chi connectivity index (χ4v) is 3.27. The number of oxazole rings is 1. The highest BCUT2D eigenvalue weighted by atomic mass is 16.5. The van der Waals surface area contributed by atoms with Gasteiger partial charge in [0.2, 0.25) is 0 Å². The van der Waals surface area contributed by atoms with Gasteiger partial charge < -0.3 is 34.7 Å². The van der Waals surface area contributed by atoms with Crippen molar-refractivity contribution in [2.75, 3.05) is 38.4 Å². The minimum Gasteiger partial charge on any atom is -0.496 e. The van der Waals surface area contributed by atoms with Crippen LogP contribution in [0.15, 0.2) is 59.5 Å². The minimum absolute atomic E-state index is 0.109. The number of urea groups is 1. The van der Waals surface area contributed by atoms with Gasteiger partial charge in [-0.05, 0) is 43.9 Å². The van der Waals surface area contributed by atoms with Crippen molar-refractivity contribution >= 4 is 23.5 Å². The number of amides is 3. The minimum atomic E-state index is -0.585. The molecule has 0 radical (unpaired) electrons. The number of nitrogens with one attached hydrogen (secondary N) is 3. The molecule has 0 saturated carbocycles. The predicted octanol–water partition coefficient (Wildman–Crippen LogP) is 4.06. The van der Waals surface area contributed by atoms with Crippen molar-refractivity contribution < 1.29 is 23.5 Å². The highest BCUT2D eigenvalue weighted by Gasteiger charge is 2.14. The Morgan fingerprint density at radius 3 is 2.61 bits per heavy atom. The van der Waals surface area contributed by atoms with Gasteiger partial charge >= 0.3 is 12.1 Å². The lowest BCUT2D eigenvalue weighted by atomic mass is 10.1. The maximum atomic E-state index is 12.5. The number of carbonyl (C=O) groups is 2. The van der Waals surface area contributed by atoms with E-state index in [1.807, 2.05) is 25.1 Å². The summed E-state index contributed by atoms with van der Waals surface area (Å²) in [5, 5.41) is 17.1. The lowest BCUT2D eigenvalue weighted by Gasteiger charge is -2.21. The normalized spacial score (nSPS) is 11.3. The first kappa shape index (κ1) is 26.1. The van der Waals surface area contributed by atoms with Gasteiger partial charge in [0.15, 0.2) is 12.2 Å². The van der Waals surface area contributed by atoms with Crippen LogP contribution < -0.4 is 20.7 Å². The van der Waals surface area contributed by atoms with E-state index in [4.69, 9.17) is 19.2 Å². The molecular weight excluding hydrogens is 464 g/mol. The summed E-state index contributed by atoms with van der Waals surface area (Å²) >= 11 is 0. The monoisotopic (exact) mass is 492 g/mol. The van der Waals surface area contributed by atoms with E-state index in [2.05, 4.69) is 27.0 Å². The number of hydrogen-bond acceptors (Lipinski definition) is 8. The Labute approximate surface area is 209 Å². The number of alkyl carbamates (subject to hydrolysis) is 1. The summed E-state index contributed by atoms with van der Waals surface area (Å²) in [6.45, 7) is 0.319. The zero-order valence-electron chi connectivity index (χ0n) is 20.3. The van der Waals surface area contributed by atoms with Crippen LogP contribution in [0.1, 0.15) is 12.0 Å². The number of aromatic nitrogens is 1. The van der Waals surface area contributed by atoms with Crippen molar-refractivity contribution in [3.05, 3.63) is 60.6 Å². The first-order valence-electron chi connectivity index (χ1n) is 11.1. The number of likely N-dealkylation sites (N-methyl/N-ethyl adjacent to an activating group) is 1. The third-order valence-electron chi connectivity index (χ3n) is 5.24. The molecule has 11 nitrogen and oxygen atoms in total. The van der Waals surface area contributed by atoms with E-state index < -0.39 is 12.1 Å². The molecule has 36 heavy (non-hydrogen) atoms. The largest absolute Gasteiger partial charge is 0.496 e. The van der Waals surface area contributed by atoms with Crippen LogP contribution in [0.2, 0.25) is 0 Å². The van der Waals surface area contributed by atoms with Crippen LogP contribution >= 0.6 is 0 Å². The second kappa shape index (κ2) is 12.8. The molecule has 0 saturated heterocycles. The maximum Gasteiger partial charge on any atom is 0.407 e. The molecule has 0 bridgehead atoms. The Bertz CT molecular complexity index is 1210. The molecule has 1 heterocycles. The van der Waals surface area contributed by atoms with Gasteiger partial charge in [-0.15, -0.1) is 0 Å². The molecule has 3 N–H and O–H groups in total. The Kier molecular flexibility index (Phi) is 9.25. The first-order chi connectivity index (χ1) is 17.4. The first-order valence-corrected chi connectivity index (χ1v) is 11.1. The Balaban J connectivity index is 1.52. The van der Waals surface area contributed by atoms with Crippen molar-refractivity contribution in [3.63, 3.8) is 0 Å². The van der Waals surface area contributed by atoms with Crippen molar-refractivity contribution in [3.8, 4) is 23.1 Å². The lowest BCUT2D eigenvalue weighted by Crippen LogP contribution is -2.35. The summed E-state index contributed by atoms with van der Waals surface area (Å²) in [5.74, 6) is 1.07. The topological polar surface area (TPSA) is 142 Å². The van der Waals surface area contributed by atoms with Gasteiger partial charge in [-0.1, -0.05) is 12.1 Å². The molecule has 0 aliphatic rings. The number of nitriles is 1. The summed E-state index contributed by atoms with van der Waals surface area (Å²) in [6, 6.07) is 13.7. The van der Waals surface area contributed by atoms with Gasteiger partial charge in [0.25, 0.3) is 0 Å². The number of benzene rings is 2. The molecule has 188 valence electrons. The maximum absolute atomic E-state index is 12.5. The number of rotatable bonds is 10. The predicted molar refractivity (Wildman–Crippen MR) is 133 cm³/mol. The van der Waals surface area contributed by atoms with E-state index in [-0.39, 0.29) is 25.6 Å². The number of methoxy groups -OCH3 is 1. The number of hydrogen-bond donors (Lipinski definition) is 3. The zero-order chi connectivity index (χ0) is 25.9. The van der Waals surface area contributed by atoms with Crippen LogP contribution in [0, 0.1) is 11.3 Å². The smallest absolute Gasteiger partial charge is 0.407 e. The number of nitrogens with zero attached hydrogens (tertiary/aromatic N) is 3. The molecule has 3 aromatic rings. The second-order valence-electron chi connectivity index (χ2n) is 7.99. The van der Waals surface area contributed by atoms with Crippen LogP contribution in [0.4, 0.5) is 21.0 Å². The molecule has 0 spiro atoms. The van der Waals surface area contributed by atoms with E-state index in [0.29, 0.717) is 28.4 Å². The Morgan fingerprint density at radius 2 is 1.94 bits per heavy atom. The van der Waals surface area contributed by atoms with Crippen LogP contribution in [0.3, 0.4) is 0 Å². The molecule has 1 atom stereocenters. The van der Waals surface area contributed by atoms with Crippen molar-refractivity contribution in [2.45, 2.75) is 19.0 Å². The van der Waals surface area contributed by atoms with Crippen LogP contribution in [0.25, 0.3) is 11.3 Å². The highest BCUT2D eigenvalue weighted by molar-refractivity contribution is 6.00. The lowest BCUT2D eigenvalue weighted by molar-refractivity contribution is 0.111. The fourth-order valence-electron chi connectivity index (χ4n) is 3.27. The molecule has 2 aromatic carbocycles. The van der Waals surface area contributed by atoms with Gasteiger partial charge in [-0.3, -0.25) is 0 Å². The van der Waals surface area contributed by atoms with E-state index in [9.17, 15) is 9.59 Å². The van der Waals surface area contributed by atoms with Gasteiger partial charge in [-0.25, -0.2) is 14.6 Å². The van der Waals surface area contributed by atoms with Crippen LogP contribution in [-0.4, -0.2) is 55.9 Å². The standard InChI is InChI=1S/C25H28N6O5/c1-31(2)20(9-10-26)15-35-25(33)28-13-17-5-4-6-18(11-17)29-24(32)30-19-7-8-21(22(12-19)34-3)23-14-27-16-36-23/h4-8,11-12,14,16,20H,9,13,15H2,1-3H3,(H,28,33)(H2,29,30,32). The number of anilines is 2.